The van der Waals surface area contributed by atoms with Gasteiger partial charge >= 0.3 is 0 Å². The second-order valence-electron chi connectivity index (χ2n) is 8.95. The zero-order chi connectivity index (χ0) is 20.2. The van der Waals surface area contributed by atoms with Gasteiger partial charge in [-0.05, 0) is 65.5 Å². The van der Waals surface area contributed by atoms with E-state index < -0.39 is 0 Å². The predicted octanol–water partition coefficient (Wildman–Crippen LogP) is 4.13. The summed E-state index contributed by atoms with van der Waals surface area (Å²) in [5, 5.41) is 0. The van der Waals surface area contributed by atoms with Crippen LogP contribution in [0.2, 0.25) is 0 Å². The van der Waals surface area contributed by atoms with E-state index >= 15 is 0 Å². The summed E-state index contributed by atoms with van der Waals surface area (Å²) in [6.07, 6.45) is 6.29. The van der Waals surface area contributed by atoms with Crippen LogP contribution in [0, 0.1) is 11.8 Å². The summed E-state index contributed by atoms with van der Waals surface area (Å²) in [6.45, 7) is 11.5. The van der Waals surface area contributed by atoms with E-state index in [2.05, 4.69) is 37.6 Å². The number of hydrogen-bond acceptors (Lipinski definition) is 5. The van der Waals surface area contributed by atoms with Crippen molar-refractivity contribution in [2.24, 2.45) is 0 Å². The van der Waals surface area contributed by atoms with Crippen molar-refractivity contribution >= 4 is 0 Å². The maximum Gasteiger partial charge on any atom is 0.138 e. The SMILES string of the molecule is CC(C)OCCOC1(C#Cc2ccc(OC3CC(OC(C)(C)C)C3)cn2)CC1. The Hall–Kier alpha value is -1.61. The average Bonchev–Trinajstić information content (AvgIpc) is 3.35. The van der Waals surface area contributed by atoms with Crippen molar-refractivity contribution in [1.29, 1.82) is 0 Å². The monoisotopic (exact) mass is 387 g/mol. The van der Waals surface area contributed by atoms with Gasteiger partial charge in [-0.2, -0.15) is 0 Å². The Kier molecular flexibility index (Phi) is 6.65. The van der Waals surface area contributed by atoms with Crippen LogP contribution in [-0.2, 0) is 14.2 Å². The first-order chi connectivity index (χ1) is 13.2. The highest BCUT2D eigenvalue weighted by atomic mass is 16.5. The Morgan fingerprint density at radius 1 is 1.14 bits per heavy atom. The molecule has 1 aromatic rings. The van der Waals surface area contributed by atoms with E-state index in [1.165, 1.54) is 0 Å². The number of nitrogens with zero attached hydrogens (tertiary/aromatic N) is 1. The molecule has 0 saturated heterocycles. The first-order valence-corrected chi connectivity index (χ1v) is 10.3. The largest absolute Gasteiger partial charge is 0.489 e. The van der Waals surface area contributed by atoms with Gasteiger partial charge in [0.15, 0.2) is 0 Å². The fraction of sp³-hybridized carbons (Fsp3) is 0.696. The first kappa shape index (κ1) is 21.1. The van der Waals surface area contributed by atoms with Crippen LogP contribution in [0.4, 0.5) is 0 Å². The number of pyridine rings is 1. The van der Waals surface area contributed by atoms with Crippen LogP contribution in [-0.4, -0.2) is 47.7 Å². The maximum atomic E-state index is 5.96. The lowest BCUT2D eigenvalue weighted by Gasteiger charge is -2.39. The molecule has 2 aliphatic rings. The molecule has 0 bridgehead atoms. The Labute approximate surface area is 169 Å². The molecule has 2 aliphatic carbocycles. The third-order valence-corrected chi connectivity index (χ3v) is 4.65. The molecule has 154 valence electrons. The summed E-state index contributed by atoms with van der Waals surface area (Å²) in [6, 6.07) is 3.84. The molecule has 0 amide bonds. The summed E-state index contributed by atoms with van der Waals surface area (Å²) in [4.78, 5) is 4.41. The molecule has 0 radical (unpaired) electrons. The lowest BCUT2D eigenvalue weighted by atomic mass is 9.91. The molecule has 5 heteroatoms. The van der Waals surface area contributed by atoms with E-state index in [1.54, 1.807) is 6.20 Å². The number of hydrogen-bond donors (Lipinski definition) is 0. The molecule has 3 rings (SSSR count). The van der Waals surface area contributed by atoms with Crippen LogP contribution in [0.3, 0.4) is 0 Å². The topological polar surface area (TPSA) is 49.8 Å². The van der Waals surface area contributed by atoms with E-state index in [9.17, 15) is 0 Å². The molecule has 0 atom stereocenters. The minimum absolute atomic E-state index is 0.0956. The van der Waals surface area contributed by atoms with Crippen molar-refractivity contribution in [3.8, 4) is 17.6 Å². The van der Waals surface area contributed by atoms with Crippen LogP contribution in [0.1, 0.15) is 66.0 Å². The van der Waals surface area contributed by atoms with E-state index in [4.69, 9.17) is 18.9 Å². The van der Waals surface area contributed by atoms with E-state index in [1.807, 2.05) is 26.0 Å². The molecule has 1 heterocycles. The van der Waals surface area contributed by atoms with Gasteiger partial charge in [0.2, 0.25) is 0 Å². The zero-order valence-electron chi connectivity index (χ0n) is 17.8. The van der Waals surface area contributed by atoms with E-state index in [0.29, 0.717) is 19.3 Å². The van der Waals surface area contributed by atoms with Crippen LogP contribution >= 0.6 is 0 Å². The second-order valence-corrected chi connectivity index (χ2v) is 8.95. The van der Waals surface area contributed by atoms with Gasteiger partial charge in [-0.25, -0.2) is 4.98 Å². The van der Waals surface area contributed by atoms with Crippen LogP contribution < -0.4 is 4.74 Å². The molecule has 2 fully saturated rings. The van der Waals surface area contributed by atoms with Crippen LogP contribution in [0.5, 0.6) is 5.75 Å². The summed E-state index contributed by atoms with van der Waals surface area (Å²) >= 11 is 0. The summed E-state index contributed by atoms with van der Waals surface area (Å²) in [7, 11) is 0. The third kappa shape index (κ3) is 6.77. The molecule has 0 unspecified atom stereocenters. The van der Waals surface area contributed by atoms with Crippen molar-refractivity contribution in [3.63, 3.8) is 0 Å². The molecule has 0 N–H and O–H groups in total. The standard InChI is InChI=1S/C23H33NO4/c1-17(2)25-12-13-26-23(10-11-23)9-8-18-6-7-19(16-24-18)27-20-14-21(15-20)28-22(3,4)5/h6-7,16-17,20-21H,10-15H2,1-5H3. The summed E-state index contributed by atoms with van der Waals surface area (Å²) in [5.41, 5.74) is 0.343. The quantitative estimate of drug-likeness (QED) is 0.496. The highest BCUT2D eigenvalue weighted by molar-refractivity contribution is 5.35. The number of aromatic nitrogens is 1. The molecule has 0 aromatic carbocycles. The number of ether oxygens (including phenoxy) is 4. The van der Waals surface area contributed by atoms with Gasteiger partial charge in [0, 0.05) is 12.8 Å². The molecule has 0 aliphatic heterocycles. The Balaban J connectivity index is 1.41. The van der Waals surface area contributed by atoms with Crippen molar-refractivity contribution in [2.75, 3.05) is 13.2 Å². The van der Waals surface area contributed by atoms with Gasteiger partial charge in [0.25, 0.3) is 0 Å². The fourth-order valence-electron chi connectivity index (χ4n) is 3.04. The zero-order valence-corrected chi connectivity index (χ0v) is 17.8. The van der Waals surface area contributed by atoms with Crippen molar-refractivity contribution in [2.45, 2.75) is 89.8 Å². The normalized spacial score (nSPS) is 22.9. The Bertz CT molecular complexity index is 686. The molecular weight excluding hydrogens is 354 g/mol. The predicted molar refractivity (Wildman–Crippen MR) is 108 cm³/mol. The van der Waals surface area contributed by atoms with Crippen LogP contribution in [0.15, 0.2) is 18.3 Å². The maximum absolute atomic E-state index is 5.96. The molecular formula is C23H33NO4. The molecule has 0 spiro atoms. The van der Waals surface area contributed by atoms with E-state index in [-0.39, 0.29) is 23.4 Å². The number of rotatable bonds is 8. The highest BCUT2D eigenvalue weighted by Gasteiger charge is 2.42. The lowest BCUT2D eigenvalue weighted by Crippen LogP contribution is -2.43. The van der Waals surface area contributed by atoms with Gasteiger partial charge in [0.05, 0.1) is 37.2 Å². The van der Waals surface area contributed by atoms with Gasteiger partial charge < -0.3 is 18.9 Å². The smallest absolute Gasteiger partial charge is 0.138 e. The Morgan fingerprint density at radius 2 is 1.89 bits per heavy atom. The highest BCUT2D eigenvalue weighted by Crippen LogP contribution is 2.38. The first-order valence-electron chi connectivity index (χ1n) is 10.3. The summed E-state index contributed by atoms with van der Waals surface area (Å²) < 4.78 is 23.3. The molecule has 1 aromatic heterocycles. The van der Waals surface area contributed by atoms with Gasteiger partial charge in [-0.3, -0.25) is 0 Å². The molecule has 5 nitrogen and oxygen atoms in total. The van der Waals surface area contributed by atoms with Gasteiger partial charge in [0.1, 0.15) is 23.1 Å². The minimum Gasteiger partial charge on any atom is -0.489 e. The van der Waals surface area contributed by atoms with E-state index in [0.717, 1.165) is 37.1 Å². The fourth-order valence-corrected chi connectivity index (χ4v) is 3.04. The van der Waals surface area contributed by atoms with Crippen molar-refractivity contribution < 1.29 is 18.9 Å². The second kappa shape index (κ2) is 8.82. The van der Waals surface area contributed by atoms with Crippen molar-refractivity contribution in [3.05, 3.63) is 24.0 Å². The minimum atomic E-state index is -0.300. The van der Waals surface area contributed by atoms with Gasteiger partial charge in [-0.1, -0.05) is 5.92 Å². The molecule has 2 saturated carbocycles. The summed E-state index contributed by atoms with van der Waals surface area (Å²) in [5.74, 6) is 7.16. The van der Waals surface area contributed by atoms with Gasteiger partial charge in [-0.15, -0.1) is 0 Å². The van der Waals surface area contributed by atoms with Crippen molar-refractivity contribution in [1.82, 2.24) is 4.98 Å². The van der Waals surface area contributed by atoms with Crippen LogP contribution in [0.25, 0.3) is 0 Å². The third-order valence-electron chi connectivity index (χ3n) is 4.65. The lowest BCUT2D eigenvalue weighted by molar-refractivity contribution is -0.126. The molecule has 28 heavy (non-hydrogen) atoms. The Morgan fingerprint density at radius 3 is 2.46 bits per heavy atom. The average molecular weight is 388 g/mol.